The fourth-order valence-corrected chi connectivity index (χ4v) is 5.99. The predicted octanol–water partition coefficient (Wildman–Crippen LogP) is 6.51. The molecule has 1 aliphatic carbocycles. The molecule has 2 N–H and O–H groups in total. The summed E-state index contributed by atoms with van der Waals surface area (Å²) in [7, 11) is 0. The molecule has 1 aromatic heterocycles. The van der Waals surface area contributed by atoms with Crippen molar-refractivity contribution >= 4 is 23.4 Å². The smallest absolute Gasteiger partial charge is 0.257 e. The number of rotatable bonds is 7. The molecule has 2 heterocycles. The van der Waals surface area contributed by atoms with Crippen LogP contribution < -0.4 is 15.6 Å². The average Bonchev–Trinajstić information content (AvgIpc) is 2.96. The molecule has 196 valence electrons. The summed E-state index contributed by atoms with van der Waals surface area (Å²) in [5.41, 5.74) is 6.15. The molecule has 39 heavy (non-hydrogen) atoms. The van der Waals surface area contributed by atoms with Crippen LogP contribution in [0.4, 0.5) is 5.82 Å². The number of benzene rings is 3. The minimum absolute atomic E-state index is 0.0843. The molecule has 6 rings (SSSR count). The van der Waals surface area contributed by atoms with Crippen LogP contribution in [0.25, 0.3) is 0 Å². The van der Waals surface area contributed by atoms with E-state index in [-0.39, 0.29) is 11.3 Å². The first kappa shape index (κ1) is 25.2. The summed E-state index contributed by atoms with van der Waals surface area (Å²) in [6.07, 6.45) is 2.03. The molecule has 6 nitrogen and oxygen atoms in total. The summed E-state index contributed by atoms with van der Waals surface area (Å²) in [6.45, 7) is 2.53. The van der Waals surface area contributed by atoms with Crippen molar-refractivity contribution in [3.05, 3.63) is 128 Å². The monoisotopic (exact) mass is 535 g/mol. The highest BCUT2D eigenvalue weighted by molar-refractivity contribution is 7.98. The van der Waals surface area contributed by atoms with Crippen molar-refractivity contribution in [2.45, 2.75) is 49.6 Å². The van der Waals surface area contributed by atoms with Gasteiger partial charge in [0, 0.05) is 29.4 Å². The molecule has 7 heteroatoms. The van der Waals surface area contributed by atoms with Gasteiger partial charge in [-0.2, -0.15) is 0 Å². The summed E-state index contributed by atoms with van der Waals surface area (Å²) in [5.74, 6) is 1.58. The number of Topliss-reactive ketones (excluding diaryl/α,β-unsaturated/α-hetero) is 1. The quantitative estimate of drug-likeness (QED) is 0.207. The van der Waals surface area contributed by atoms with Gasteiger partial charge in [0.25, 0.3) is 5.56 Å². The summed E-state index contributed by atoms with van der Waals surface area (Å²) in [6, 6.07) is 26.0. The zero-order valence-corrected chi connectivity index (χ0v) is 22.5. The van der Waals surface area contributed by atoms with Gasteiger partial charge in [-0.1, -0.05) is 84.1 Å². The van der Waals surface area contributed by atoms with E-state index in [1.165, 1.54) is 17.3 Å². The van der Waals surface area contributed by atoms with Crippen LogP contribution in [0, 0.1) is 6.92 Å². The van der Waals surface area contributed by atoms with Crippen molar-refractivity contribution < 1.29 is 9.53 Å². The minimum Gasteiger partial charge on any atom is -0.489 e. The maximum absolute atomic E-state index is 13.5. The number of H-pyrrole nitrogens is 1. The molecule has 0 bridgehead atoms. The van der Waals surface area contributed by atoms with Crippen LogP contribution in [0.15, 0.2) is 100 Å². The Kier molecular flexibility index (Phi) is 7.07. The van der Waals surface area contributed by atoms with Gasteiger partial charge in [-0.25, -0.2) is 4.98 Å². The number of aromatic nitrogens is 2. The molecule has 0 radical (unpaired) electrons. The number of carbonyl (C=O) groups excluding carboxylic acids is 1. The van der Waals surface area contributed by atoms with Gasteiger partial charge in [0.2, 0.25) is 0 Å². The van der Waals surface area contributed by atoms with Crippen LogP contribution in [-0.2, 0) is 17.2 Å². The number of aromatic amines is 1. The van der Waals surface area contributed by atoms with Crippen molar-refractivity contribution in [3.8, 4) is 5.75 Å². The first-order chi connectivity index (χ1) is 19.0. The topological polar surface area (TPSA) is 84.1 Å². The lowest BCUT2D eigenvalue weighted by Gasteiger charge is -2.32. The molecule has 0 saturated heterocycles. The number of anilines is 1. The molecule has 1 atom stereocenters. The Morgan fingerprint density at radius 2 is 1.69 bits per heavy atom. The maximum Gasteiger partial charge on any atom is 0.257 e. The van der Waals surface area contributed by atoms with Gasteiger partial charge >= 0.3 is 0 Å². The second-order valence-corrected chi connectivity index (χ2v) is 10.9. The third kappa shape index (κ3) is 5.40. The number of hydrogen-bond donors (Lipinski definition) is 2. The molecule has 0 spiro atoms. The number of allylic oxidation sites excluding steroid dienone is 2. The summed E-state index contributed by atoms with van der Waals surface area (Å²) >= 11 is 1.49. The average molecular weight is 536 g/mol. The molecule has 0 fully saturated rings. The highest BCUT2D eigenvalue weighted by Gasteiger charge is 2.37. The third-order valence-corrected chi connectivity index (χ3v) is 8.14. The van der Waals surface area contributed by atoms with Gasteiger partial charge in [0.1, 0.15) is 18.2 Å². The van der Waals surface area contributed by atoms with E-state index in [2.05, 4.69) is 41.5 Å². The lowest BCUT2D eigenvalue weighted by atomic mass is 9.76. The van der Waals surface area contributed by atoms with Crippen LogP contribution in [-0.4, -0.2) is 15.8 Å². The van der Waals surface area contributed by atoms with Crippen molar-refractivity contribution in [1.29, 1.82) is 0 Å². The second-order valence-electron chi connectivity index (χ2n) is 9.98. The molecule has 0 amide bonds. The zero-order valence-electron chi connectivity index (χ0n) is 21.7. The van der Waals surface area contributed by atoms with Crippen molar-refractivity contribution in [1.82, 2.24) is 9.97 Å². The van der Waals surface area contributed by atoms with Crippen molar-refractivity contribution in [3.63, 3.8) is 0 Å². The number of ketones is 1. The molecule has 1 aliphatic heterocycles. The van der Waals surface area contributed by atoms with E-state index in [0.29, 0.717) is 40.9 Å². The normalized spacial score (nSPS) is 16.3. The number of ether oxygens (including phenoxy) is 1. The number of fused-ring (bicyclic) bond motifs is 1. The second kappa shape index (κ2) is 10.9. The zero-order chi connectivity index (χ0) is 26.8. The van der Waals surface area contributed by atoms with E-state index in [4.69, 9.17) is 9.72 Å². The first-order valence-electron chi connectivity index (χ1n) is 13.2. The van der Waals surface area contributed by atoms with E-state index in [1.54, 1.807) is 0 Å². The Labute approximate surface area is 231 Å². The Bertz CT molecular complexity index is 1590. The van der Waals surface area contributed by atoms with Crippen LogP contribution in [0.2, 0.25) is 0 Å². The molecule has 4 aromatic rings. The fraction of sp³-hybridized carbons (Fsp3) is 0.219. The van der Waals surface area contributed by atoms with E-state index in [1.807, 2.05) is 54.6 Å². The van der Waals surface area contributed by atoms with Gasteiger partial charge in [0.15, 0.2) is 10.9 Å². The predicted molar refractivity (Wildman–Crippen MR) is 154 cm³/mol. The van der Waals surface area contributed by atoms with E-state index in [9.17, 15) is 9.59 Å². The molecule has 2 aliphatic rings. The van der Waals surface area contributed by atoms with Gasteiger partial charge in [-0.15, -0.1) is 0 Å². The van der Waals surface area contributed by atoms with Gasteiger partial charge < -0.3 is 15.0 Å². The third-order valence-electron chi connectivity index (χ3n) is 7.19. The van der Waals surface area contributed by atoms with Crippen LogP contribution in [0.5, 0.6) is 5.75 Å². The SMILES string of the molecule is Cc1ccc(CSc2nc3c(c(=O)[nH]2)C(c2ccc(OCc4ccccc4)cc2)C2=C(CCCC2=O)N3)cc1. The summed E-state index contributed by atoms with van der Waals surface area (Å²) in [4.78, 5) is 34.5. The Balaban J connectivity index is 1.30. The lowest BCUT2D eigenvalue weighted by Crippen LogP contribution is -2.32. The number of carbonyl (C=O) groups is 1. The largest absolute Gasteiger partial charge is 0.489 e. The molecular formula is C32H29N3O3S. The Morgan fingerprint density at radius 1 is 0.923 bits per heavy atom. The fourth-order valence-electron chi connectivity index (χ4n) is 5.18. The number of nitrogens with zero attached hydrogens (tertiary/aromatic N) is 1. The highest BCUT2D eigenvalue weighted by Crippen LogP contribution is 2.43. The van der Waals surface area contributed by atoms with E-state index >= 15 is 0 Å². The number of aryl methyl sites for hydroxylation is 1. The van der Waals surface area contributed by atoms with Crippen LogP contribution in [0.1, 0.15) is 53.0 Å². The van der Waals surface area contributed by atoms with E-state index in [0.717, 1.165) is 41.0 Å². The van der Waals surface area contributed by atoms with Crippen molar-refractivity contribution in [2.75, 3.05) is 5.32 Å². The van der Waals surface area contributed by atoms with E-state index < -0.39 is 5.92 Å². The molecular weight excluding hydrogens is 506 g/mol. The minimum atomic E-state index is -0.473. The molecule has 1 unspecified atom stereocenters. The highest BCUT2D eigenvalue weighted by atomic mass is 32.2. The lowest BCUT2D eigenvalue weighted by molar-refractivity contribution is -0.116. The Morgan fingerprint density at radius 3 is 2.46 bits per heavy atom. The number of nitrogens with one attached hydrogen (secondary N) is 2. The summed E-state index contributed by atoms with van der Waals surface area (Å²) < 4.78 is 5.97. The van der Waals surface area contributed by atoms with Crippen LogP contribution >= 0.6 is 11.8 Å². The number of thioether (sulfide) groups is 1. The van der Waals surface area contributed by atoms with Gasteiger partial charge in [0.05, 0.1) is 5.56 Å². The standard InChI is InChI=1S/C32H29N3O3S/c1-20-10-12-22(13-11-20)19-39-32-34-30-29(31(37)35-32)27(28-25(33-30)8-5-9-26(28)36)23-14-16-24(17-15-23)38-18-21-6-3-2-4-7-21/h2-4,6-7,10-17,27H,5,8-9,18-19H2,1H3,(H2,33,34,35,37). The molecule has 3 aromatic carbocycles. The van der Waals surface area contributed by atoms with Gasteiger partial charge in [-0.05, 0) is 48.6 Å². The van der Waals surface area contributed by atoms with Crippen molar-refractivity contribution in [2.24, 2.45) is 0 Å². The Hall–Kier alpha value is -4.10. The number of hydrogen-bond acceptors (Lipinski definition) is 6. The maximum atomic E-state index is 13.5. The first-order valence-corrected chi connectivity index (χ1v) is 14.2. The van der Waals surface area contributed by atoms with Gasteiger partial charge in [-0.3, -0.25) is 9.59 Å². The molecule has 0 saturated carbocycles. The van der Waals surface area contributed by atoms with Crippen LogP contribution in [0.3, 0.4) is 0 Å². The summed E-state index contributed by atoms with van der Waals surface area (Å²) in [5, 5.41) is 3.91.